The van der Waals surface area contributed by atoms with Crippen molar-refractivity contribution in [2.75, 3.05) is 5.32 Å². The zero-order valence-corrected chi connectivity index (χ0v) is 11.7. The minimum atomic E-state index is 0.788. The van der Waals surface area contributed by atoms with Crippen LogP contribution >= 0.6 is 0 Å². The molecule has 100 valence electrons. The first kappa shape index (κ1) is 12.6. The number of anilines is 1. The minimum absolute atomic E-state index is 0.788. The third-order valence-corrected chi connectivity index (χ3v) is 3.38. The maximum absolute atomic E-state index is 4.46. The number of aromatic nitrogens is 2. The summed E-state index contributed by atoms with van der Waals surface area (Å²) in [7, 11) is 0. The van der Waals surface area contributed by atoms with Gasteiger partial charge in [0.1, 0.15) is 0 Å². The molecule has 0 radical (unpaired) electrons. The van der Waals surface area contributed by atoms with Crippen LogP contribution in [0.3, 0.4) is 0 Å². The Morgan fingerprint density at radius 3 is 2.80 bits per heavy atom. The average Bonchev–Trinajstić information content (AvgIpc) is 2.46. The normalized spacial score (nSPS) is 10.7. The van der Waals surface area contributed by atoms with E-state index in [-0.39, 0.29) is 0 Å². The van der Waals surface area contributed by atoms with Crippen LogP contribution in [-0.2, 0) is 6.54 Å². The van der Waals surface area contributed by atoms with Gasteiger partial charge in [0, 0.05) is 23.8 Å². The highest BCUT2D eigenvalue weighted by molar-refractivity contribution is 5.79. The van der Waals surface area contributed by atoms with Gasteiger partial charge in [0.15, 0.2) is 0 Å². The Morgan fingerprint density at radius 1 is 1.05 bits per heavy atom. The second-order valence-corrected chi connectivity index (χ2v) is 4.97. The van der Waals surface area contributed by atoms with Crippen molar-refractivity contribution in [3.8, 4) is 0 Å². The number of rotatable bonds is 3. The number of fused-ring (bicyclic) bond motifs is 1. The molecule has 20 heavy (non-hydrogen) atoms. The summed E-state index contributed by atoms with van der Waals surface area (Å²) in [5, 5.41) is 4.61. The molecule has 3 aromatic rings. The van der Waals surface area contributed by atoms with Gasteiger partial charge in [-0.25, -0.2) is 0 Å². The Kier molecular flexibility index (Phi) is 3.33. The minimum Gasteiger partial charge on any atom is -0.380 e. The highest BCUT2D eigenvalue weighted by atomic mass is 14.9. The predicted molar refractivity (Wildman–Crippen MR) is 82.8 cm³/mol. The van der Waals surface area contributed by atoms with Gasteiger partial charge < -0.3 is 5.32 Å². The largest absolute Gasteiger partial charge is 0.380 e. The zero-order valence-electron chi connectivity index (χ0n) is 11.7. The maximum Gasteiger partial charge on any atom is 0.0702 e. The SMILES string of the molecule is Cc1ccc(NCc2ccc3ncccc3c2)c(C)n1. The van der Waals surface area contributed by atoms with Crippen molar-refractivity contribution in [1.29, 1.82) is 0 Å². The number of benzene rings is 1. The van der Waals surface area contributed by atoms with E-state index in [9.17, 15) is 0 Å². The molecule has 3 rings (SSSR count). The zero-order chi connectivity index (χ0) is 13.9. The molecule has 0 spiro atoms. The van der Waals surface area contributed by atoms with Gasteiger partial charge >= 0.3 is 0 Å². The Morgan fingerprint density at radius 2 is 1.95 bits per heavy atom. The molecule has 2 aromatic heterocycles. The molecule has 0 fully saturated rings. The number of pyridine rings is 2. The first-order valence-corrected chi connectivity index (χ1v) is 6.74. The fourth-order valence-electron chi connectivity index (χ4n) is 2.31. The Labute approximate surface area is 118 Å². The van der Waals surface area contributed by atoms with Gasteiger partial charge in [-0.1, -0.05) is 12.1 Å². The number of aryl methyl sites for hydroxylation is 2. The van der Waals surface area contributed by atoms with E-state index in [1.54, 1.807) is 0 Å². The Balaban J connectivity index is 1.79. The Bertz CT molecular complexity index is 750. The molecule has 1 aromatic carbocycles. The maximum atomic E-state index is 4.46. The van der Waals surface area contributed by atoms with Gasteiger partial charge in [-0.2, -0.15) is 0 Å². The van der Waals surface area contributed by atoms with E-state index in [0.29, 0.717) is 0 Å². The second-order valence-electron chi connectivity index (χ2n) is 4.97. The standard InChI is InChI=1S/C17H17N3/c1-12-5-7-16(13(2)20-12)19-11-14-6-8-17-15(10-14)4-3-9-18-17/h3-10,19H,11H2,1-2H3. The van der Waals surface area contributed by atoms with Crippen LogP contribution < -0.4 is 5.32 Å². The van der Waals surface area contributed by atoms with Crippen molar-refractivity contribution < 1.29 is 0 Å². The fourth-order valence-corrected chi connectivity index (χ4v) is 2.31. The van der Waals surface area contributed by atoms with Crippen LogP contribution in [0.5, 0.6) is 0 Å². The van der Waals surface area contributed by atoms with Gasteiger partial charge in [0.05, 0.1) is 16.9 Å². The van der Waals surface area contributed by atoms with Gasteiger partial charge in [-0.3, -0.25) is 9.97 Å². The lowest BCUT2D eigenvalue weighted by Crippen LogP contribution is -2.02. The van der Waals surface area contributed by atoms with Gasteiger partial charge in [-0.15, -0.1) is 0 Å². The van der Waals surface area contributed by atoms with Crippen molar-refractivity contribution in [3.05, 3.63) is 65.6 Å². The van der Waals surface area contributed by atoms with Crippen molar-refractivity contribution in [2.24, 2.45) is 0 Å². The summed E-state index contributed by atoms with van der Waals surface area (Å²) in [5.41, 5.74) is 5.44. The lowest BCUT2D eigenvalue weighted by molar-refractivity contribution is 1.08. The molecule has 0 aliphatic heterocycles. The number of nitrogens with one attached hydrogen (secondary N) is 1. The van der Waals surface area contributed by atoms with Gasteiger partial charge in [-0.05, 0) is 49.7 Å². The number of hydrogen-bond acceptors (Lipinski definition) is 3. The number of hydrogen-bond donors (Lipinski definition) is 1. The van der Waals surface area contributed by atoms with E-state index in [0.717, 1.165) is 29.1 Å². The summed E-state index contributed by atoms with van der Waals surface area (Å²) in [4.78, 5) is 8.80. The summed E-state index contributed by atoms with van der Waals surface area (Å²) in [6.45, 7) is 4.82. The van der Waals surface area contributed by atoms with Crippen molar-refractivity contribution in [1.82, 2.24) is 9.97 Å². The molecular weight excluding hydrogens is 246 g/mol. The monoisotopic (exact) mass is 263 g/mol. The van der Waals surface area contributed by atoms with Crippen molar-refractivity contribution in [2.45, 2.75) is 20.4 Å². The topological polar surface area (TPSA) is 37.8 Å². The highest BCUT2D eigenvalue weighted by Gasteiger charge is 2.01. The third kappa shape index (κ3) is 2.62. The molecule has 0 aliphatic rings. The van der Waals surface area contributed by atoms with E-state index in [1.807, 2.05) is 32.2 Å². The van der Waals surface area contributed by atoms with Gasteiger partial charge in [0.2, 0.25) is 0 Å². The molecule has 0 saturated heterocycles. The Hall–Kier alpha value is -2.42. The van der Waals surface area contributed by atoms with Crippen molar-refractivity contribution >= 4 is 16.6 Å². The third-order valence-electron chi connectivity index (χ3n) is 3.38. The summed E-state index contributed by atoms with van der Waals surface area (Å²) in [6.07, 6.45) is 1.82. The molecule has 0 saturated carbocycles. The first-order chi connectivity index (χ1) is 9.72. The summed E-state index contributed by atoms with van der Waals surface area (Å²) in [6, 6.07) is 14.5. The predicted octanol–water partition coefficient (Wildman–Crippen LogP) is 3.86. The molecule has 0 bridgehead atoms. The van der Waals surface area contributed by atoms with Crippen molar-refractivity contribution in [3.63, 3.8) is 0 Å². The van der Waals surface area contributed by atoms with Crippen LogP contribution in [0, 0.1) is 13.8 Å². The molecule has 3 nitrogen and oxygen atoms in total. The van der Waals surface area contributed by atoms with Gasteiger partial charge in [0.25, 0.3) is 0 Å². The average molecular weight is 263 g/mol. The smallest absolute Gasteiger partial charge is 0.0702 e. The second kappa shape index (κ2) is 5.29. The van der Waals surface area contributed by atoms with Crippen LogP contribution in [0.15, 0.2) is 48.7 Å². The fraction of sp³-hybridized carbons (Fsp3) is 0.176. The highest BCUT2D eigenvalue weighted by Crippen LogP contribution is 2.17. The quantitative estimate of drug-likeness (QED) is 0.779. The van der Waals surface area contributed by atoms with Crippen LogP contribution in [0.25, 0.3) is 10.9 Å². The number of nitrogens with zero attached hydrogens (tertiary/aromatic N) is 2. The van der Waals surface area contributed by atoms with E-state index in [4.69, 9.17) is 0 Å². The lowest BCUT2D eigenvalue weighted by Gasteiger charge is -2.10. The molecule has 0 aliphatic carbocycles. The summed E-state index contributed by atoms with van der Waals surface area (Å²) < 4.78 is 0. The van der Waals surface area contributed by atoms with Crippen LogP contribution in [-0.4, -0.2) is 9.97 Å². The molecule has 3 heteroatoms. The first-order valence-electron chi connectivity index (χ1n) is 6.74. The van der Waals surface area contributed by atoms with Crippen LogP contribution in [0.2, 0.25) is 0 Å². The van der Waals surface area contributed by atoms with E-state index in [1.165, 1.54) is 10.9 Å². The summed E-state index contributed by atoms with van der Waals surface area (Å²) >= 11 is 0. The van der Waals surface area contributed by atoms with E-state index >= 15 is 0 Å². The molecular formula is C17H17N3. The molecule has 2 heterocycles. The molecule has 0 atom stereocenters. The summed E-state index contributed by atoms with van der Waals surface area (Å²) in [5.74, 6) is 0. The molecule has 0 amide bonds. The van der Waals surface area contributed by atoms with Crippen LogP contribution in [0.4, 0.5) is 5.69 Å². The van der Waals surface area contributed by atoms with E-state index in [2.05, 4.69) is 45.6 Å². The lowest BCUT2D eigenvalue weighted by atomic mass is 10.1. The molecule has 1 N–H and O–H groups in total. The molecule has 0 unspecified atom stereocenters. The van der Waals surface area contributed by atoms with E-state index < -0.39 is 0 Å². The van der Waals surface area contributed by atoms with Crippen LogP contribution in [0.1, 0.15) is 17.0 Å².